The minimum Gasteiger partial charge on any atom is -1.00 e. The van der Waals surface area contributed by atoms with Crippen LogP contribution in [0, 0.1) is 6.92 Å². The van der Waals surface area contributed by atoms with Crippen molar-refractivity contribution in [2.75, 3.05) is 12.3 Å². The molecule has 0 bridgehead atoms. The van der Waals surface area contributed by atoms with Crippen LogP contribution in [0.1, 0.15) is 16.1 Å². The van der Waals surface area contributed by atoms with Crippen molar-refractivity contribution < 1.29 is 22.1 Å². The fraction of sp³-hybridized carbons (Fsp3) is 0.333. The number of hydrogen-bond donors (Lipinski definition) is 2. The Kier molecular flexibility index (Phi) is 7.94. The predicted molar refractivity (Wildman–Crippen MR) is 75.0 cm³/mol. The molecule has 7 heteroatoms. The van der Waals surface area contributed by atoms with Gasteiger partial charge in [0, 0.05) is 31.7 Å². The van der Waals surface area contributed by atoms with Crippen molar-refractivity contribution >= 4 is 29.6 Å². The number of thiazole rings is 1. The molecular formula is C12H17Cl2N3OS. The molecular weight excluding hydrogens is 305 g/mol. The second-order valence-electron chi connectivity index (χ2n) is 3.92. The smallest absolute Gasteiger partial charge is 0.225 e. The number of anilines is 1. The summed E-state index contributed by atoms with van der Waals surface area (Å²) in [6.07, 6.45) is 2.52. The van der Waals surface area contributed by atoms with Crippen molar-refractivity contribution in [2.45, 2.75) is 19.9 Å². The highest BCUT2D eigenvalue weighted by Gasteiger charge is 2.15. The Labute approximate surface area is 129 Å². The first kappa shape index (κ1) is 18.1. The lowest BCUT2D eigenvalue weighted by Gasteiger charge is -1.98. The molecule has 2 aromatic heterocycles. The SMILES string of the molecule is Cc1c(CCO)sc[n+]1Cc1ccc(N)nc1.Cl.[Cl-]. The van der Waals surface area contributed by atoms with E-state index in [-0.39, 0.29) is 31.4 Å². The molecule has 0 spiro atoms. The number of pyridine rings is 1. The van der Waals surface area contributed by atoms with Crippen molar-refractivity contribution in [2.24, 2.45) is 0 Å². The maximum absolute atomic E-state index is 8.95. The molecule has 4 nitrogen and oxygen atoms in total. The Morgan fingerprint density at radius 3 is 2.74 bits per heavy atom. The molecule has 0 amide bonds. The summed E-state index contributed by atoms with van der Waals surface area (Å²) >= 11 is 1.68. The van der Waals surface area contributed by atoms with E-state index in [1.807, 2.05) is 12.1 Å². The summed E-state index contributed by atoms with van der Waals surface area (Å²) in [5, 5.41) is 8.95. The predicted octanol–water partition coefficient (Wildman–Crippen LogP) is -1.67. The van der Waals surface area contributed by atoms with Crippen LogP contribution in [0.2, 0.25) is 0 Å². The third-order valence-electron chi connectivity index (χ3n) is 2.70. The molecule has 106 valence electrons. The highest BCUT2D eigenvalue weighted by atomic mass is 35.5. The normalized spacial score (nSPS) is 9.58. The number of nitrogen functional groups attached to an aromatic ring is 1. The Hall–Kier alpha value is -0.880. The molecule has 0 radical (unpaired) electrons. The van der Waals surface area contributed by atoms with Gasteiger partial charge in [-0.2, -0.15) is 4.57 Å². The van der Waals surface area contributed by atoms with Crippen LogP contribution in [0.25, 0.3) is 0 Å². The summed E-state index contributed by atoms with van der Waals surface area (Å²) in [7, 11) is 0. The molecule has 0 atom stereocenters. The largest absolute Gasteiger partial charge is 1.00 e. The van der Waals surface area contributed by atoms with E-state index in [1.165, 1.54) is 10.6 Å². The van der Waals surface area contributed by atoms with Gasteiger partial charge in [-0.15, -0.1) is 12.4 Å². The van der Waals surface area contributed by atoms with Gasteiger partial charge in [0.15, 0.2) is 12.2 Å². The lowest BCUT2D eigenvalue weighted by Crippen LogP contribution is -3.00. The monoisotopic (exact) mass is 321 g/mol. The summed E-state index contributed by atoms with van der Waals surface area (Å²) in [6, 6.07) is 3.80. The van der Waals surface area contributed by atoms with E-state index in [0.29, 0.717) is 5.82 Å². The third-order valence-corrected chi connectivity index (χ3v) is 3.84. The first-order valence-corrected chi connectivity index (χ1v) is 6.36. The van der Waals surface area contributed by atoms with Crippen molar-refractivity contribution in [3.63, 3.8) is 0 Å². The highest BCUT2D eigenvalue weighted by Crippen LogP contribution is 2.12. The Balaban J connectivity index is 0.00000162. The lowest BCUT2D eigenvalue weighted by atomic mass is 10.2. The molecule has 2 rings (SSSR count). The third kappa shape index (κ3) is 4.62. The molecule has 19 heavy (non-hydrogen) atoms. The zero-order chi connectivity index (χ0) is 12.3. The Morgan fingerprint density at radius 2 is 2.16 bits per heavy atom. The van der Waals surface area contributed by atoms with Gasteiger partial charge in [-0.25, -0.2) is 4.98 Å². The van der Waals surface area contributed by atoms with Crippen molar-refractivity contribution in [3.05, 3.63) is 40.0 Å². The topological polar surface area (TPSA) is 63.0 Å². The van der Waals surface area contributed by atoms with Gasteiger partial charge in [0.05, 0.1) is 4.88 Å². The van der Waals surface area contributed by atoms with Crippen molar-refractivity contribution in [1.29, 1.82) is 0 Å². The number of aliphatic hydroxyl groups is 1. The Morgan fingerprint density at radius 1 is 1.42 bits per heavy atom. The molecule has 3 N–H and O–H groups in total. The van der Waals surface area contributed by atoms with E-state index >= 15 is 0 Å². The quantitative estimate of drug-likeness (QED) is 0.662. The first-order valence-electron chi connectivity index (χ1n) is 5.48. The van der Waals surface area contributed by atoms with Gasteiger partial charge >= 0.3 is 0 Å². The van der Waals surface area contributed by atoms with Gasteiger partial charge in [-0.05, 0) is 12.1 Å². The van der Waals surface area contributed by atoms with E-state index < -0.39 is 0 Å². The number of nitrogens with zero attached hydrogens (tertiary/aromatic N) is 2. The molecule has 0 aliphatic carbocycles. The average molecular weight is 322 g/mol. The van der Waals surface area contributed by atoms with Crippen LogP contribution in [0.3, 0.4) is 0 Å². The average Bonchev–Trinajstić information content (AvgIpc) is 2.65. The number of aliphatic hydroxyl groups excluding tert-OH is 1. The van der Waals surface area contributed by atoms with E-state index in [4.69, 9.17) is 10.8 Å². The Bertz CT molecular complexity index is 502. The molecule has 0 unspecified atom stereocenters. The molecule has 0 aliphatic rings. The summed E-state index contributed by atoms with van der Waals surface area (Å²) in [5.41, 5.74) is 9.96. The first-order chi connectivity index (χ1) is 8.20. The van der Waals surface area contributed by atoms with Crippen LogP contribution in [0.5, 0.6) is 0 Å². The van der Waals surface area contributed by atoms with Crippen molar-refractivity contribution in [3.8, 4) is 0 Å². The number of hydrogen-bond acceptors (Lipinski definition) is 4. The van der Waals surface area contributed by atoms with E-state index in [0.717, 1.165) is 18.5 Å². The summed E-state index contributed by atoms with van der Waals surface area (Å²) in [5.74, 6) is 0.543. The van der Waals surface area contributed by atoms with Gasteiger partial charge < -0.3 is 23.2 Å². The second kappa shape index (κ2) is 8.32. The standard InChI is InChI=1S/C12H16N3OS.2ClH/c1-9-11(4-5-16)17-8-15(9)7-10-2-3-12(13)14-6-10;;/h2-3,6,8,16H,4-5,7H2,1H3,(H2,13,14);2*1H/q+1;;/p-1. The minimum absolute atomic E-state index is 0. The fourth-order valence-corrected chi connectivity index (χ4v) is 2.66. The van der Waals surface area contributed by atoms with E-state index in [2.05, 4.69) is 22.0 Å². The highest BCUT2D eigenvalue weighted by molar-refractivity contribution is 7.09. The zero-order valence-corrected chi connectivity index (χ0v) is 12.9. The van der Waals surface area contributed by atoms with E-state index in [1.54, 1.807) is 17.5 Å². The van der Waals surface area contributed by atoms with Crippen LogP contribution in [0.15, 0.2) is 23.8 Å². The molecule has 0 fully saturated rings. The number of halogens is 2. The fourth-order valence-electron chi connectivity index (χ4n) is 1.68. The van der Waals surface area contributed by atoms with Crippen molar-refractivity contribution in [1.82, 2.24) is 4.98 Å². The van der Waals surface area contributed by atoms with Crippen LogP contribution < -0.4 is 22.7 Å². The maximum Gasteiger partial charge on any atom is 0.225 e. The van der Waals surface area contributed by atoms with Crippen LogP contribution in [-0.4, -0.2) is 16.7 Å². The van der Waals surface area contributed by atoms with E-state index in [9.17, 15) is 0 Å². The maximum atomic E-state index is 8.95. The van der Waals surface area contributed by atoms with Crippen LogP contribution in [0.4, 0.5) is 5.82 Å². The number of nitrogens with two attached hydrogens (primary N) is 1. The summed E-state index contributed by atoms with van der Waals surface area (Å²) in [4.78, 5) is 5.31. The second-order valence-corrected chi connectivity index (χ2v) is 4.86. The summed E-state index contributed by atoms with van der Waals surface area (Å²) in [6.45, 7) is 3.07. The van der Waals surface area contributed by atoms with Gasteiger partial charge in [0.2, 0.25) is 5.51 Å². The van der Waals surface area contributed by atoms with Gasteiger partial charge in [0.1, 0.15) is 5.82 Å². The van der Waals surface area contributed by atoms with Crippen LogP contribution >= 0.6 is 23.7 Å². The molecule has 0 aromatic carbocycles. The van der Waals surface area contributed by atoms with Gasteiger partial charge in [-0.1, -0.05) is 11.3 Å². The van der Waals surface area contributed by atoms with Gasteiger partial charge in [0.25, 0.3) is 0 Å². The molecule has 0 saturated heterocycles. The van der Waals surface area contributed by atoms with Crippen LogP contribution in [-0.2, 0) is 13.0 Å². The lowest BCUT2D eigenvalue weighted by molar-refractivity contribution is -0.689. The molecule has 2 aromatic rings. The summed E-state index contributed by atoms with van der Waals surface area (Å²) < 4.78 is 2.17. The number of aromatic nitrogens is 2. The number of rotatable bonds is 4. The molecule has 0 aliphatic heterocycles. The zero-order valence-electron chi connectivity index (χ0n) is 10.5. The molecule has 0 saturated carbocycles. The minimum atomic E-state index is 0. The molecule has 2 heterocycles. The van der Waals surface area contributed by atoms with Gasteiger partial charge in [-0.3, -0.25) is 0 Å².